The van der Waals surface area contributed by atoms with E-state index in [1.165, 1.54) is 0 Å². The van der Waals surface area contributed by atoms with Crippen LogP contribution in [-0.2, 0) is 4.79 Å². The number of allylic oxidation sites excluding steroid dienone is 1. The molecule has 1 fully saturated rings. The lowest BCUT2D eigenvalue weighted by molar-refractivity contribution is -0.130. The summed E-state index contributed by atoms with van der Waals surface area (Å²) in [6.07, 6.45) is 1.72. The van der Waals surface area contributed by atoms with Crippen LogP contribution in [0.25, 0.3) is 0 Å². The second kappa shape index (κ2) is 8.30. The van der Waals surface area contributed by atoms with Crippen LogP contribution in [0.5, 0.6) is 0 Å². The standard InChI is InChI=1S/C20H28N2O3/c1-12(2)5-10-17(18(23)20(25)21-15-8-9-15)22-19(24)16-11-13(3)6-7-14(16)4/h6-7,11,15,17-18,23H,1,5,8-10H2,2-4H3,(H,21,25)(H,22,24)/t17-,18?/m0/s1. The Hall–Kier alpha value is -2.14. The number of benzene rings is 1. The van der Waals surface area contributed by atoms with E-state index in [1.807, 2.05) is 39.0 Å². The van der Waals surface area contributed by atoms with Crippen molar-refractivity contribution in [2.45, 2.75) is 64.6 Å². The summed E-state index contributed by atoms with van der Waals surface area (Å²) in [6, 6.07) is 5.17. The molecule has 0 bridgehead atoms. The molecule has 1 aromatic rings. The molecule has 0 heterocycles. The predicted octanol–water partition coefficient (Wildman–Crippen LogP) is 2.40. The van der Waals surface area contributed by atoms with Crippen LogP contribution < -0.4 is 10.6 Å². The zero-order chi connectivity index (χ0) is 18.6. The summed E-state index contributed by atoms with van der Waals surface area (Å²) in [5, 5.41) is 16.1. The minimum atomic E-state index is -1.27. The molecule has 1 saturated carbocycles. The third kappa shape index (κ3) is 5.71. The molecule has 1 unspecified atom stereocenters. The van der Waals surface area contributed by atoms with Crippen LogP contribution in [-0.4, -0.2) is 35.1 Å². The Morgan fingerprint density at radius 3 is 2.60 bits per heavy atom. The van der Waals surface area contributed by atoms with Crippen molar-refractivity contribution in [2.75, 3.05) is 0 Å². The topological polar surface area (TPSA) is 78.4 Å². The van der Waals surface area contributed by atoms with Gasteiger partial charge in [0.1, 0.15) is 0 Å². The zero-order valence-electron chi connectivity index (χ0n) is 15.3. The number of aliphatic hydroxyl groups is 1. The lowest BCUT2D eigenvalue weighted by Crippen LogP contribution is -2.51. The van der Waals surface area contributed by atoms with E-state index in [0.717, 1.165) is 29.5 Å². The molecule has 1 aliphatic rings. The Kier molecular flexibility index (Phi) is 6.37. The Morgan fingerprint density at radius 1 is 1.32 bits per heavy atom. The Bertz CT molecular complexity index is 665. The smallest absolute Gasteiger partial charge is 0.251 e. The SMILES string of the molecule is C=C(C)CC[C@H](NC(=O)c1cc(C)ccc1C)C(O)C(=O)NC1CC1. The molecule has 1 aromatic carbocycles. The van der Waals surface area contributed by atoms with Gasteiger partial charge in [-0.25, -0.2) is 0 Å². The van der Waals surface area contributed by atoms with Crippen molar-refractivity contribution in [3.63, 3.8) is 0 Å². The van der Waals surface area contributed by atoms with Gasteiger partial charge < -0.3 is 15.7 Å². The first kappa shape index (κ1) is 19.2. The quantitative estimate of drug-likeness (QED) is 0.634. The third-order valence-electron chi connectivity index (χ3n) is 4.41. The summed E-state index contributed by atoms with van der Waals surface area (Å²) in [5.74, 6) is -0.693. The number of aliphatic hydroxyl groups excluding tert-OH is 1. The van der Waals surface area contributed by atoms with Gasteiger partial charge in [0.15, 0.2) is 6.10 Å². The average Bonchev–Trinajstić information content (AvgIpc) is 3.36. The summed E-state index contributed by atoms with van der Waals surface area (Å²) in [5.41, 5.74) is 3.36. The minimum Gasteiger partial charge on any atom is -0.381 e. The van der Waals surface area contributed by atoms with Gasteiger partial charge in [-0.05, 0) is 58.1 Å². The van der Waals surface area contributed by atoms with Gasteiger partial charge >= 0.3 is 0 Å². The summed E-state index contributed by atoms with van der Waals surface area (Å²) < 4.78 is 0. The maximum atomic E-state index is 12.7. The molecule has 0 radical (unpaired) electrons. The highest BCUT2D eigenvalue weighted by atomic mass is 16.3. The van der Waals surface area contributed by atoms with Crippen molar-refractivity contribution >= 4 is 11.8 Å². The van der Waals surface area contributed by atoms with Crippen LogP contribution in [0.2, 0.25) is 0 Å². The number of carbonyl (C=O) groups is 2. The summed E-state index contributed by atoms with van der Waals surface area (Å²) in [6.45, 7) is 9.54. The van der Waals surface area contributed by atoms with Crippen LogP contribution >= 0.6 is 0 Å². The van der Waals surface area contributed by atoms with Crippen molar-refractivity contribution in [2.24, 2.45) is 0 Å². The summed E-state index contributed by atoms with van der Waals surface area (Å²) >= 11 is 0. The molecule has 5 heteroatoms. The Morgan fingerprint density at radius 2 is 2.00 bits per heavy atom. The van der Waals surface area contributed by atoms with Crippen LogP contribution in [0.1, 0.15) is 54.1 Å². The molecule has 0 aliphatic heterocycles. The van der Waals surface area contributed by atoms with Crippen molar-refractivity contribution in [1.82, 2.24) is 10.6 Å². The number of nitrogens with one attached hydrogen (secondary N) is 2. The summed E-state index contributed by atoms with van der Waals surface area (Å²) in [7, 11) is 0. The highest BCUT2D eigenvalue weighted by Crippen LogP contribution is 2.19. The third-order valence-corrected chi connectivity index (χ3v) is 4.41. The van der Waals surface area contributed by atoms with Crippen LogP contribution in [0.3, 0.4) is 0 Å². The van der Waals surface area contributed by atoms with Gasteiger partial charge in [-0.3, -0.25) is 9.59 Å². The van der Waals surface area contributed by atoms with Gasteiger partial charge in [0, 0.05) is 11.6 Å². The van der Waals surface area contributed by atoms with Crippen molar-refractivity contribution < 1.29 is 14.7 Å². The Labute approximate surface area is 149 Å². The van der Waals surface area contributed by atoms with E-state index < -0.39 is 18.1 Å². The molecule has 3 N–H and O–H groups in total. The molecule has 2 amide bonds. The molecule has 2 atom stereocenters. The first-order chi connectivity index (χ1) is 11.8. The average molecular weight is 344 g/mol. The van der Waals surface area contributed by atoms with Crippen molar-refractivity contribution in [1.29, 1.82) is 0 Å². The molecule has 25 heavy (non-hydrogen) atoms. The van der Waals surface area contributed by atoms with E-state index in [-0.39, 0.29) is 11.9 Å². The fraction of sp³-hybridized carbons (Fsp3) is 0.500. The number of hydrogen-bond donors (Lipinski definition) is 3. The highest BCUT2D eigenvalue weighted by Gasteiger charge is 2.32. The first-order valence-electron chi connectivity index (χ1n) is 8.79. The molecular formula is C20H28N2O3. The molecule has 0 aromatic heterocycles. The second-order valence-electron chi connectivity index (χ2n) is 7.12. The van der Waals surface area contributed by atoms with Gasteiger partial charge in [-0.2, -0.15) is 0 Å². The molecule has 136 valence electrons. The first-order valence-corrected chi connectivity index (χ1v) is 8.79. The van der Waals surface area contributed by atoms with Crippen LogP contribution in [0.4, 0.5) is 0 Å². The van der Waals surface area contributed by atoms with E-state index in [2.05, 4.69) is 17.2 Å². The number of carbonyl (C=O) groups excluding carboxylic acids is 2. The maximum Gasteiger partial charge on any atom is 0.251 e. The summed E-state index contributed by atoms with van der Waals surface area (Å²) in [4.78, 5) is 24.8. The lowest BCUT2D eigenvalue weighted by Gasteiger charge is -2.24. The largest absolute Gasteiger partial charge is 0.381 e. The zero-order valence-corrected chi connectivity index (χ0v) is 15.3. The monoisotopic (exact) mass is 344 g/mol. The number of aryl methyl sites for hydroxylation is 2. The van der Waals surface area contributed by atoms with Crippen molar-refractivity contribution in [3.05, 3.63) is 47.0 Å². The fourth-order valence-corrected chi connectivity index (χ4v) is 2.63. The van der Waals surface area contributed by atoms with E-state index in [9.17, 15) is 14.7 Å². The molecule has 5 nitrogen and oxygen atoms in total. The fourth-order valence-electron chi connectivity index (χ4n) is 2.63. The van der Waals surface area contributed by atoms with E-state index >= 15 is 0 Å². The molecule has 1 aliphatic carbocycles. The van der Waals surface area contributed by atoms with Gasteiger partial charge in [-0.1, -0.05) is 23.3 Å². The lowest BCUT2D eigenvalue weighted by atomic mass is 10.00. The predicted molar refractivity (Wildman–Crippen MR) is 98.4 cm³/mol. The van der Waals surface area contributed by atoms with Gasteiger partial charge in [0.05, 0.1) is 6.04 Å². The van der Waals surface area contributed by atoms with E-state index in [1.54, 1.807) is 0 Å². The van der Waals surface area contributed by atoms with E-state index in [0.29, 0.717) is 18.4 Å². The Balaban J connectivity index is 2.10. The molecule has 0 spiro atoms. The number of amides is 2. The van der Waals surface area contributed by atoms with Crippen LogP contribution in [0, 0.1) is 13.8 Å². The van der Waals surface area contributed by atoms with Crippen molar-refractivity contribution in [3.8, 4) is 0 Å². The van der Waals surface area contributed by atoms with Gasteiger partial charge in [0.2, 0.25) is 0 Å². The molecule has 2 rings (SSSR count). The second-order valence-corrected chi connectivity index (χ2v) is 7.12. The van der Waals surface area contributed by atoms with Crippen LogP contribution in [0.15, 0.2) is 30.4 Å². The van der Waals surface area contributed by atoms with E-state index in [4.69, 9.17) is 0 Å². The number of rotatable bonds is 8. The van der Waals surface area contributed by atoms with Gasteiger partial charge in [0.25, 0.3) is 11.8 Å². The minimum absolute atomic E-state index is 0.165. The number of hydrogen-bond acceptors (Lipinski definition) is 3. The normalized spacial score (nSPS) is 16.0. The van der Waals surface area contributed by atoms with Gasteiger partial charge in [-0.15, -0.1) is 6.58 Å². The maximum absolute atomic E-state index is 12.7. The highest BCUT2D eigenvalue weighted by molar-refractivity contribution is 5.96. The molecular weight excluding hydrogens is 316 g/mol. The molecule has 0 saturated heterocycles.